The fourth-order valence-corrected chi connectivity index (χ4v) is 5.29. The normalized spacial score (nSPS) is 14.3. The highest BCUT2D eigenvalue weighted by Gasteiger charge is 2.45. The first-order valence-corrected chi connectivity index (χ1v) is 16.4. The van der Waals surface area contributed by atoms with Crippen LogP contribution < -0.4 is 24.7 Å². The van der Waals surface area contributed by atoms with Crippen LogP contribution in [-0.2, 0) is 26.3 Å². The van der Waals surface area contributed by atoms with E-state index in [0.717, 1.165) is 11.1 Å². The number of benzene rings is 2. The maximum absolute atomic E-state index is 13.3. The van der Waals surface area contributed by atoms with Crippen LogP contribution in [0.1, 0.15) is 27.2 Å². The predicted octanol–water partition coefficient (Wildman–Crippen LogP) is 4.40. The van der Waals surface area contributed by atoms with Gasteiger partial charge >= 0.3 is 0 Å². The van der Waals surface area contributed by atoms with E-state index < -0.39 is 15.5 Å². The van der Waals surface area contributed by atoms with Crippen molar-refractivity contribution in [1.82, 2.24) is 9.55 Å². The molecular weight excluding hydrogens is 612 g/mol. The first-order chi connectivity index (χ1) is 21.7. The van der Waals surface area contributed by atoms with E-state index in [2.05, 4.69) is 9.55 Å². The van der Waals surface area contributed by atoms with Gasteiger partial charge < -0.3 is 23.8 Å². The van der Waals surface area contributed by atoms with Crippen LogP contribution >= 0.6 is 0 Å². The third kappa shape index (κ3) is 7.37. The van der Waals surface area contributed by atoms with E-state index >= 15 is 0 Å². The Labute approximate surface area is 267 Å². The maximum Gasteiger partial charge on any atom is 0.261 e. The molecule has 12 nitrogen and oxygen atoms in total. The van der Waals surface area contributed by atoms with Crippen molar-refractivity contribution < 1.29 is 32.0 Å². The molecule has 13 heteroatoms. The van der Waals surface area contributed by atoms with Crippen molar-refractivity contribution in [2.45, 2.75) is 33.7 Å². The molecule has 2 amide bonds. The molecule has 244 valence electrons. The molecule has 2 aromatic heterocycles. The highest BCUT2D eigenvalue weighted by atomic mass is 32.2. The third-order valence-corrected chi connectivity index (χ3v) is 7.59. The van der Waals surface area contributed by atoms with Crippen LogP contribution in [0.15, 0.2) is 71.8 Å². The Bertz CT molecular complexity index is 1910. The molecule has 0 aliphatic carbocycles. The van der Waals surface area contributed by atoms with Gasteiger partial charge in [-0.2, -0.15) is 8.42 Å². The lowest BCUT2D eigenvalue weighted by Gasteiger charge is -2.27. The van der Waals surface area contributed by atoms with Crippen LogP contribution in [0.5, 0.6) is 11.6 Å². The van der Waals surface area contributed by atoms with Crippen molar-refractivity contribution in [3.05, 3.63) is 77.2 Å². The van der Waals surface area contributed by atoms with Gasteiger partial charge in [-0.1, -0.05) is 12.1 Å². The van der Waals surface area contributed by atoms with Crippen molar-refractivity contribution in [2.75, 3.05) is 43.4 Å². The first-order valence-electron chi connectivity index (χ1n) is 14.6. The smallest absolute Gasteiger partial charge is 0.261 e. The number of carbonyl (C=O) groups excluding carboxylic acids is 2. The zero-order valence-electron chi connectivity index (χ0n) is 26.7. The summed E-state index contributed by atoms with van der Waals surface area (Å²) < 4.78 is 39.2. The lowest BCUT2D eigenvalue weighted by atomic mass is 9.90. The molecule has 1 N–H and O–H groups in total. The standard InChI is InChI=1S/C32H34N4O5.CH4O3S/c1-6-36-26-14-13-22(18-27(26)34(4)30(38)32(2,3)31(36)39)41-17-9-16-35-20-24(21-12-15-28(40-5)33-19-21)29(37)23-10-7-8-11-25(23)35;1-5(2,3)4/h7-8,10-15,18-20H,6,9,16-17H2,1-5H3;1H3,(H,2,3,4). The summed E-state index contributed by atoms with van der Waals surface area (Å²) in [6.45, 7) is 6.72. The van der Waals surface area contributed by atoms with Crippen LogP contribution in [0.4, 0.5) is 11.4 Å². The second kappa shape index (κ2) is 13.7. The van der Waals surface area contributed by atoms with Gasteiger partial charge in [0.05, 0.1) is 36.9 Å². The summed E-state index contributed by atoms with van der Waals surface area (Å²) in [7, 11) is -0.422. The van der Waals surface area contributed by atoms with E-state index in [4.69, 9.17) is 14.0 Å². The number of methoxy groups -OCH3 is 1. The Balaban J connectivity index is 0.000000892. The van der Waals surface area contributed by atoms with Crippen LogP contribution in [0.3, 0.4) is 0 Å². The molecule has 4 aromatic rings. The molecule has 0 radical (unpaired) electrons. The Morgan fingerprint density at radius 2 is 1.67 bits per heavy atom. The summed E-state index contributed by atoms with van der Waals surface area (Å²) in [5.74, 6) is 0.617. The van der Waals surface area contributed by atoms with E-state index in [1.165, 1.54) is 4.90 Å². The van der Waals surface area contributed by atoms with Gasteiger partial charge in [0, 0.05) is 61.2 Å². The van der Waals surface area contributed by atoms with Gasteiger partial charge in [-0.15, -0.1) is 0 Å². The maximum atomic E-state index is 13.3. The summed E-state index contributed by atoms with van der Waals surface area (Å²) in [6, 6.07) is 16.6. The number of fused-ring (bicyclic) bond motifs is 2. The Morgan fingerprint density at radius 1 is 0.978 bits per heavy atom. The zero-order chi connectivity index (χ0) is 33.8. The largest absolute Gasteiger partial charge is 0.493 e. The minimum atomic E-state index is -3.67. The van der Waals surface area contributed by atoms with Crippen LogP contribution in [0.2, 0.25) is 0 Å². The molecule has 1 aliphatic heterocycles. The second-order valence-corrected chi connectivity index (χ2v) is 12.8. The zero-order valence-corrected chi connectivity index (χ0v) is 27.5. The SMILES string of the molecule is CCN1C(=O)C(C)(C)C(=O)N(C)c2cc(OCCCn3cc(-c4ccc(OC)nc4)c(=O)c4ccccc43)ccc21.CS(=O)(=O)O. The molecule has 0 spiro atoms. The van der Waals surface area contributed by atoms with Gasteiger partial charge in [-0.25, -0.2) is 4.98 Å². The topological polar surface area (TPSA) is 148 Å². The van der Waals surface area contributed by atoms with Crippen LogP contribution in [0.25, 0.3) is 22.0 Å². The quantitative estimate of drug-likeness (QED) is 0.166. The van der Waals surface area contributed by atoms with Crippen molar-refractivity contribution >= 4 is 44.2 Å². The highest BCUT2D eigenvalue weighted by Crippen LogP contribution is 2.40. The fourth-order valence-electron chi connectivity index (χ4n) is 5.29. The number of aryl methyl sites for hydroxylation is 1. The number of pyridine rings is 2. The van der Waals surface area contributed by atoms with E-state index in [9.17, 15) is 22.8 Å². The number of ether oxygens (including phenoxy) is 2. The van der Waals surface area contributed by atoms with E-state index in [-0.39, 0.29) is 17.2 Å². The Morgan fingerprint density at radius 3 is 2.30 bits per heavy atom. The number of aromatic nitrogens is 2. The minimum absolute atomic E-state index is 0.0495. The summed E-state index contributed by atoms with van der Waals surface area (Å²) in [4.78, 5) is 47.0. The number of para-hydroxylation sites is 1. The van der Waals surface area contributed by atoms with Crippen molar-refractivity contribution in [3.63, 3.8) is 0 Å². The van der Waals surface area contributed by atoms with Crippen molar-refractivity contribution in [3.8, 4) is 22.8 Å². The van der Waals surface area contributed by atoms with Crippen molar-refractivity contribution in [1.29, 1.82) is 0 Å². The first kappa shape index (κ1) is 34.1. The molecule has 3 heterocycles. The summed E-state index contributed by atoms with van der Waals surface area (Å²) in [5.41, 5.74) is 2.25. The molecule has 0 saturated heterocycles. The molecule has 0 saturated carbocycles. The number of amides is 2. The van der Waals surface area contributed by atoms with Gasteiger partial charge in [0.2, 0.25) is 17.7 Å². The summed E-state index contributed by atoms with van der Waals surface area (Å²) >= 11 is 0. The number of rotatable bonds is 8. The van der Waals surface area contributed by atoms with E-state index in [0.29, 0.717) is 66.3 Å². The third-order valence-electron chi connectivity index (χ3n) is 7.59. The predicted molar refractivity (Wildman–Crippen MR) is 177 cm³/mol. The summed E-state index contributed by atoms with van der Waals surface area (Å²) in [5, 5.41) is 0.637. The highest BCUT2D eigenvalue weighted by molar-refractivity contribution is 7.85. The van der Waals surface area contributed by atoms with Gasteiger partial charge in [0.1, 0.15) is 11.2 Å². The lowest BCUT2D eigenvalue weighted by Crippen LogP contribution is -2.47. The molecule has 46 heavy (non-hydrogen) atoms. The molecule has 2 aromatic carbocycles. The van der Waals surface area contributed by atoms with Gasteiger partial charge in [0.15, 0.2) is 5.43 Å². The molecule has 0 atom stereocenters. The monoisotopic (exact) mass is 650 g/mol. The van der Waals surface area contributed by atoms with Gasteiger partial charge in [0.25, 0.3) is 10.1 Å². The number of hydrogen-bond donors (Lipinski definition) is 1. The van der Waals surface area contributed by atoms with Gasteiger partial charge in [-0.05, 0) is 57.5 Å². The summed E-state index contributed by atoms with van der Waals surface area (Å²) in [6.07, 6.45) is 4.90. The fraction of sp³-hybridized carbons (Fsp3) is 0.333. The number of anilines is 2. The van der Waals surface area contributed by atoms with Crippen LogP contribution in [0, 0.1) is 5.41 Å². The number of hydrogen-bond acceptors (Lipinski definition) is 8. The van der Waals surface area contributed by atoms with Crippen molar-refractivity contribution in [2.24, 2.45) is 5.41 Å². The molecular formula is C33H38N4O8S. The molecule has 0 unspecified atom stereocenters. The Kier molecular flexibility index (Phi) is 10.2. The van der Waals surface area contributed by atoms with Gasteiger partial charge in [-0.3, -0.25) is 18.9 Å². The average molecular weight is 651 g/mol. The second-order valence-electron chi connectivity index (χ2n) is 11.3. The molecule has 0 fully saturated rings. The van der Waals surface area contributed by atoms with Crippen LogP contribution in [-0.4, -0.2) is 67.9 Å². The van der Waals surface area contributed by atoms with E-state index in [1.807, 2.05) is 61.7 Å². The number of carbonyl (C=O) groups is 2. The lowest BCUT2D eigenvalue weighted by molar-refractivity contribution is -0.137. The molecule has 1 aliphatic rings. The molecule has 0 bridgehead atoms. The van der Waals surface area contributed by atoms with E-state index in [1.54, 1.807) is 45.2 Å². The average Bonchev–Trinajstić information content (AvgIpc) is 3.07. The minimum Gasteiger partial charge on any atom is -0.493 e. The number of nitrogens with zero attached hydrogens (tertiary/aromatic N) is 4. The Hall–Kier alpha value is -4.75. The molecule has 5 rings (SSSR count).